The molecular weight excluding hydrogens is 344 g/mol. The van der Waals surface area contributed by atoms with Gasteiger partial charge in [-0.3, -0.25) is 0 Å². The summed E-state index contributed by atoms with van der Waals surface area (Å²) in [5.41, 5.74) is 3.38. The molecule has 4 bridgehead atoms. The summed E-state index contributed by atoms with van der Waals surface area (Å²) in [7, 11) is 0. The number of rotatable bonds is 2. The Hall–Kier alpha value is -1.96. The Labute approximate surface area is 170 Å². The topological polar surface area (TPSA) is 40.5 Å². The minimum absolute atomic E-state index is 0.273. The number of hydrogen-bond acceptors (Lipinski definition) is 2. The molecule has 2 heteroatoms. The van der Waals surface area contributed by atoms with Gasteiger partial charge in [-0.1, -0.05) is 52.0 Å². The van der Waals surface area contributed by atoms with Gasteiger partial charge in [-0.05, 0) is 96.6 Å². The van der Waals surface area contributed by atoms with Crippen molar-refractivity contribution < 1.29 is 10.2 Å². The van der Waals surface area contributed by atoms with Crippen molar-refractivity contribution in [1.29, 1.82) is 0 Å². The van der Waals surface area contributed by atoms with Crippen molar-refractivity contribution in [1.82, 2.24) is 0 Å². The molecule has 0 aromatic heterocycles. The van der Waals surface area contributed by atoms with Crippen LogP contribution in [0.2, 0.25) is 0 Å². The van der Waals surface area contributed by atoms with Gasteiger partial charge in [-0.25, -0.2) is 0 Å². The van der Waals surface area contributed by atoms with Gasteiger partial charge >= 0.3 is 0 Å². The first kappa shape index (κ1) is 20.8. The summed E-state index contributed by atoms with van der Waals surface area (Å²) < 4.78 is 0. The molecule has 4 aliphatic carbocycles. The molecule has 2 aromatic carbocycles. The molecule has 28 heavy (non-hydrogen) atoms. The van der Waals surface area contributed by atoms with Gasteiger partial charge in [0.1, 0.15) is 11.5 Å². The summed E-state index contributed by atoms with van der Waals surface area (Å²) in [6, 6.07) is 16.0. The van der Waals surface area contributed by atoms with Crippen LogP contribution < -0.4 is 0 Å². The summed E-state index contributed by atoms with van der Waals surface area (Å²) in [6.07, 6.45) is 7.80. The fourth-order valence-corrected chi connectivity index (χ4v) is 6.57. The second-order valence-corrected chi connectivity index (χ2v) is 8.62. The van der Waals surface area contributed by atoms with Crippen molar-refractivity contribution in [2.24, 2.45) is 11.8 Å². The van der Waals surface area contributed by atoms with E-state index in [0.717, 1.165) is 11.8 Å². The Bertz CT molecular complexity index is 683. The molecule has 6 rings (SSSR count). The van der Waals surface area contributed by atoms with E-state index in [9.17, 15) is 10.2 Å². The van der Waals surface area contributed by atoms with Crippen molar-refractivity contribution in [3.63, 3.8) is 0 Å². The first-order valence-corrected chi connectivity index (χ1v) is 11.2. The van der Waals surface area contributed by atoms with Gasteiger partial charge in [0.2, 0.25) is 0 Å². The third-order valence-electron chi connectivity index (χ3n) is 7.02. The summed E-state index contributed by atoms with van der Waals surface area (Å²) in [5, 5.41) is 19.3. The van der Waals surface area contributed by atoms with Crippen LogP contribution in [0.4, 0.5) is 0 Å². The maximum Gasteiger partial charge on any atom is 0.115 e. The summed E-state index contributed by atoms with van der Waals surface area (Å²) in [4.78, 5) is 0. The van der Waals surface area contributed by atoms with E-state index >= 15 is 0 Å². The molecule has 0 saturated heterocycles. The zero-order chi connectivity index (χ0) is 20.4. The molecule has 0 spiro atoms. The van der Waals surface area contributed by atoms with E-state index < -0.39 is 0 Å². The number of phenolic OH excluding ortho intramolecular Hbond substituents is 2. The molecule has 4 fully saturated rings. The molecule has 2 aromatic rings. The fourth-order valence-electron chi connectivity index (χ4n) is 6.57. The van der Waals surface area contributed by atoms with Gasteiger partial charge < -0.3 is 10.2 Å². The van der Waals surface area contributed by atoms with Crippen molar-refractivity contribution in [2.45, 2.75) is 77.0 Å². The molecule has 0 radical (unpaired) electrons. The van der Waals surface area contributed by atoms with E-state index in [4.69, 9.17) is 0 Å². The predicted molar refractivity (Wildman–Crippen MR) is 117 cm³/mol. The second kappa shape index (κ2) is 8.19. The van der Waals surface area contributed by atoms with Crippen LogP contribution in [0.3, 0.4) is 0 Å². The van der Waals surface area contributed by atoms with Crippen LogP contribution in [0.1, 0.15) is 77.3 Å². The van der Waals surface area contributed by atoms with Crippen molar-refractivity contribution in [3.8, 4) is 11.5 Å². The number of phenols is 2. The summed E-state index contributed by atoms with van der Waals surface area (Å²) in [6.45, 7) is 8.00. The fraction of sp³-hybridized carbons (Fsp3) is 0.538. The first-order valence-electron chi connectivity index (χ1n) is 11.2. The monoisotopic (exact) mass is 380 g/mol. The lowest BCUT2D eigenvalue weighted by atomic mass is 9.42. The van der Waals surface area contributed by atoms with Crippen LogP contribution in [0.25, 0.3) is 0 Å². The van der Waals surface area contributed by atoms with E-state index in [-0.39, 0.29) is 10.8 Å². The highest BCUT2D eigenvalue weighted by Gasteiger charge is 2.58. The van der Waals surface area contributed by atoms with Gasteiger partial charge in [0.25, 0.3) is 0 Å². The molecule has 4 saturated carbocycles. The molecule has 0 unspecified atom stereocenters. The van der Waals surface area contributed by atoms with Crippen LogP contribution in [0.15, 0.2) is 48.5 Å². The lowest BCUT2D eigenvalue weighted by molar-refractivity contribution is -0.0281. The van der Waals surface area contributed by atoms with Crippen LogP contribution in [0.5, 0.6) is 11.5 Å². The van der Waals surface area contributed by atoms with E-state index in [1.54, 1.807) is 0 Å². The lowest BCUT2D eigenvalue weighted by Crippen LogP contribution is -2.55. The average molecular weight is 381 g/mol. The number of benzene rings is 2. The molecule has 0 heterocycles. The Balaban J connectivity index is 0.000000531. The second-order valence-electron chi connectivity index (χ2n) is 8.62. The Morgan fingerprint density at radius 3 is 1.25 bits per heavy atom. The zero-order valence-electron chi connectivity index (χ0n) is 17.9. The zero-order valence-corrected chi connectivity index (χ0v) is 17.9. The summed E-state index contributed by atoms with van der Waals surface area (Å²) >= 11 is 0. The first-order chi connectivity index (χ1) is 13.6. The minimum atomic E-state index is 0.273. The smallest absolute Gasteiger partial charge is 0.115 e. The normalized spacial score (nSPS) is 32.0. The molecule has 0 atom stereocenters. The lowest BCUT2D eigenvalue weighted by Gasteiger charge is -2.62. The molecule has 2 N–H and O–H groups in total. The van der Waals surface area contributed by atoms with Crippen LogP contribution in [-0.2, 0) is 10.8 Å². The number of hydrogen-bond donors (Lipinski definition) is 2. The van der Waals surface area contributed by atoms with Gasteiger partial charge in [-0.2, -0.15) is 0 Å². The maximum atomic E-state index is 9.67. The molecule has 2 nitrogen and oxygen atoms in total. The van der Waals surface area contributed by atoms with E-state index in [1.807, 2.05) is 52.0 Å². The van der Waals surface area contributed by atoms with Crippen molar-refractivity contribution in [2.75, 3.05) is 0 Å². The highest BCUT2D eigenvalue weighted by molar-refractivity contribution is 5.40. The van der Waals surface area contributed by atoms with Gasteiger partial charge in [0.05, 0.1) is 0 Å². The quantitative estimate of drug-likeness (QED) is 0.592. The SMILES string of the molecule is CC.CC.Oc1ccc(C23CC4CC(C2)CC(c2ccc(O)cc2)(C4)C3)cc1. The maximum absolute atomic E-state index is 9.67. The van der Waals surface area contributed by atoms with E-state index in [0.29, 0.717) is 11.5 Å². The van der Waals surface area contributed by atoms with Gasteiger partial charge in [0.15, 0.2) is 0 Å². The Kier molecular flexibility index (Phi) is 6.07. The predicted octanol–water partition coefficient (Wildman–Crippen LogP) is 6.94. The standard InChI is InChI=1S/C22H24O2.2C2H6/c23-19-5-1-17(2-6-19)21-10-15-9-16(11-21)13-22(12-15,14-21)18-3-7-20(24)8-4-18;2*1-2/h1-8,15-16,23-24H,9-14H2;2*1-2H3. The van der Waals surface area contributed by atoms with Crippen molar-refractivity contribution >= 4 is 0 Å². The van der Waals surface area contributed by atoms with Crippen LogP contribution in [-0.4, -0.2) is 10.2 Å². The molecule has 0 aliphatic heterocycles. The summed E-state index contributed by atoms with van der Waals surface area (Å²) in [5.74, 6) is 2.34. The third-order valence-corrected chi connectivity index (χ3v) is 7.02. The van der Waals surface area contributed by atoms with Crippen LogP contribution in [0, 0.1) is 11.8 Å². The number of aromatic hydroxyl groups is 2. The van der Waals surface area contributed by atoms with E-state index in [2.05, 4.69) is 24.3 Å². The molecular formula is C26H36O2. The molecule has 152 valence electrons. The Morgan fingerprint density at radius 2 is 0.929 bits per heavy atom. The molecule has 4 aliphatic rings. The highest BCUT2D eigenvalue weighted by atomic mass is 16.3. The highest BCUT2D eigenvalue weighted by Crippen LogP contribution is 2.66. The van der Waals surface area contributed by atoms with Gasteiger partial charge in [-0.15, -0.1) is 0 Å². The minimum Gasteiger partial charge on any atom is -0.508 e. The van der Waals surface area contributed by atoms with Crippen LogP contribution >= 0.6 is 0 Å². The average Bonchev–Trinajstić information content (AvgIpc) is 2.71. The van der Waals surface area contributed by atoms with Crippen molar-refractivity contribution in [3.05, 3.63) is 59.7 Å². The third kappa shape index (κ3) is 3.54. The Morgan fingerprint density at radius 1 is 0.607 bits per heavy atom. The van der Waals surface area contributed by atoms with E-state index in [1.165, 1.54) is 49.7 Å². The van der Waals surface area contributed by atoms with Gasteiger partial charge in [0, 0.05) is 0 Å². The largest absolute Gasteiger partial charge is 0.508 e. The molecule has 0 amide bonds.